The molecular weight excluding hydrogens is 356 g/mol. The lowest BCUT2D eigenvalue weighted by Crippen LogP contribution is -2.38. The number of thiazole rings is 1. The van der Waals surface area contributed by atoms with Gasteiger partial charge in [0.2, 0.25) is 5.91 Å². The molecule has 25 heavy (non-hydrogen) atoms. The average molecular weight is 379 g/mol. The highest BCUT2D eigenvalue weighted by atomic mass is 32.2. The van der Waals surface area contributed by atoms with Gasteiger partial charge in [-0.2, -0.15) is 11.8 Å². The standard InChI is InChI=1S/C18H22N2O3S2/c1-22-15-4-3-12-7-13(9-23-16(12)8-15)18(21)19-6-5-14-10-25-17(20-14)11-24-2/h3-4,8,10,13H,5-7,9,11H2,1-2H3,(H,19,21)/t13-/m1/s1. The Hall–Kier alpha value is -1.73. The van der Waals surface area contributed by atoms with Crippen molar-refractivity contribution in [1.29, 1.82) is 0 Å². The molecule has 1 N–H and O–H groups in total. The van der Waals surface area contributed by atoms with Gasteiger partial charge in [-0.3, -0.25) is 4.79 Å². The zero-order chi connectivity index (χ0) is 17.6. The Balaban J connectivity index is 1.48. The van der Waals surface area contributed by atoms with Gasteiger partial charge in [-0.1, -0.05) is 6.07 Å². The summed E-state index contributed by atoms with van der Waals surface area (Å²) in [7, 11) is 1.63. The Labute approximate surface area is 156 Å². The second-order valence-electron chi connectivity index (χ2n) is 5.89. The molecule has 0 saturated carbocycles. The molecule has 1 aromatic carbocycles. The normalized spacial score (nSPS) is 16.0. The van der Waals surface area contributed by atoms with E-state index in [9.17, 15) is 4.79 Å². The molecule has 0 spiro atoms. The number of carbonyl (C=O) groups is 1. The van der Waals surface area contributed by atoms with Crippen LogP contribution in [-0.4, -0.2) is 37.4 Å². The largest absolute Gasteiger partial charge is 0.497 e. The summed E-state index contributed by atoms with van der Waals surface area (Å²) in [5.74, 6) is 2.42. The molecule has 5 nitrogen and oxygen atoms in total. The first-order valence-corrected chi connectivity index (χ1v) is 10.5. The van der Waals surface area contributed by atoms with Gasteiger partial charge in [-0.15, -0.1) is 11.3 Å². The van der Waals surface area contributed by atoms with E-state index >= 15 is 0 Å². The minimum atomic E-state index is -0.150. The fraction of sp³-hybridized carbons (Fsp3) is 0.444. The number of thioether (sulfide) groups is 1. The van der Waals surface area contributed by atoms with E-state index in [4.69, 9.17) is 9.47 Å². The maximum atomic E-state index is 12.4. The Morgan fingerprint density at radius 2 is 2.40 bits per heavy atom. The van der Waals surface area contributed by atoms with Crippen molar-refractivity contribution in [1.82, 2.24) is 10.3 Å². The quantitative estimate of drug-likeness (QED) is 0.803. The number of nitrogens with one attached hydrogen (secondary N) is 1. The van der Waals surface area contributed by atoms with Crippen LogP contribution in [-0.2, 0) is 23.4 Å². The molecular formula is C18H22N2O3S2. The Bertz CT molecular complexity index is 733. The molecule has 0 aliphatic carbocycles. The second-order valence-corrected chi connectivity index (χ2v) is 7.70. The highest BCUT2D eigenvalue weighted by Crippen LogP contribution is 2.31. The summed E-state index contributed by atoms with van der Waals surface area (Å²) >= 11 is 3.45. The third-order valence-electron chi connectivity index (χ3n) is 4.10. The molecule has 0 bridgehead atoms. The highest BCUT2D eigenvalue weighted by molar-refractivity contribution is 7.97. The predicted molar refractivity (Wildman–Crippen MR) is 102 cm³/mol. The molecule has 1 atom stereocenters. The van der Waals surface area contributed by atoms with Gasteiger partial charge in [0.1, 0.15) is 23.1 Å². The molecule has 3 rings (SSSR count). The van der Waals surface area contributed by atoms with Crippen molar-refractivity contribution in [3.8, 4) is 11.5 Å². The van der Waals surface area contributed by atoms with Crippen molar-refractivity contribution in [2.75, 3.05) is 26.5 Å². The summed E-state index contributed by atoms with van der Waals surface area (Å²) in [6, 6.07) is 5.74. The van der Waals surface area contributed by atoms with E-state index in [1.165, 1.54) is 0 Å². The topological polar surface area (TPSA) is 60.5 Å². The van der Waals surface area contributed by atoms with Crippen LogP contribution < -0.4 is 14.8 Å². The van der Waals surface area contributed by atoms with Crippen LogP contribution in [0.15, 0.2) is 23.6 Å². The van der Waals surface area contributed by atoms with Crippen molar-refractivity contribution in [3.63, 3.8) is 0 Å². The van der Waals surface area contributed by atoms with Crippen molar-refractivity contribution < 1.29 is 14.3 Å². The molecule has 0 fully saturated rings. The number of rotatable bonds is 7. The van der Waals surface area contributed by atoms with Gasteiger partial charge in [0, 0.05) is 30.2 Å². The van der Waals surface area contributed by atoms with Crippen molar-refractivity contribution in [2.24, 2.45) is 5.92 Å². The fourth-order valence-corrected chi connectivity index (χ4v) is 4.31. The number of aromatic nitrogens is 1. The average Bonchev–Trinajstić information content (AvgIpc) is 3.08. The second kappa shape index (κ2) is 8.58. The maximum Gasteiger partial charge on any atom is 0.226 e. The van der Waals surface area contributed by atoms with E-state index < -0.39 is 0 Å². The van der Waals surface area contributed by atoms with Gasteiger partial charge in [0.05, 0.1) is 18.7 Å². The molecule has 0 radical (unpaired) electrons. The molecule has 1 aliphatic heterocycles. The number of hydrogen-bond donors (Lipinski definition) is 1. The van der Waals surface area contributed by atoms with Crippen LogP contribution in [0, 0.1) is 5.92 Å². The van der Waals surface area contributed by atoms with Crippen molar-refractivity contribution in [3.05, 3.63) is 39.8 Å². The molecule has 1 amide bonds. The van der Waals surface area contributed by atoms with Crippen LogP contribution in [0.4, 0.5) is 0 Å². The highest BCUT2D eigenvalue weighted by Gasteiger charge is 2.26. The third-order valence-corrected chi connectivity index (χ3v) is 5.74. The summed E-state index contributed by atoms with van der Waals surface area (Å²) in [5, 5.41) is 6.23. The van der Waals surface area contributed by atoms with Gasteiger partial charge in [0.15, 0.2) is 0 Å². The minimum absolute atomic E-state index is 0.0426. The lowest BCUT2D eigenvalue weighted by atomic mass is 9.96. The summed E-state index contributed by atoms with van der Waals surface area (Å²) in [6.45, 7) is 1.01. The molecule has 0 saturated heterocycles. The molecule has 1 aliphatic rings. The Morgan fingerprint density at radius 3 is 3.20 bits per heavy atom. The fourth-order valence-electron chi connectivity index (χ4n) is 2.76. The summed E-state index contributed by atoms with van der Waals surface area (Å²) in [5.41, 5.74) is 2.10. The molecule has 134 valence electrons. The number of nitrogens with zero attached hydrogens (tertiary/aromatic N) is 1. The van der Waals surface area contributed by atoms with Crippen LogP contribution in [0.3, 0.4) is 0 Å². The first-order valence-electron chi connectivity index (χ1n) is 8.19. The lowest BCUT2D eigenvalue weighted by Gasteiger charge is -2.25. The molecule has 2 aromatic rings. The molecule has 0 unspecified atom stereocenters. The van der Waals surface area contributed by atoms with Crippen molar-refractivity contribution >= 4 is 29.0 Å². The summed E-state index contributed by atoms with van der Waals surface area (Å²) in [4.78, 5) is 17.0. The van der Waals surface area contributed by atoms with Gasteiger partial charge in [-0.05, 0) is 24.3 Å². The molecule has 2 heterocycles. The number of amides is 1. The predicted octanol–water partition coefficient (Wildman–Crippen LogP) is 2.92. The zero-order valence-corrected chi connectivity index (χ0v) is 16.0. The van der Waals surface area contributed by atoms with E-state index in [1.807, 2.05) is 18.2 Å². The van der Waals surface area contributed by atoms with E-state index in [2.05, 4.69) is 21.9 Å². The first-order chi connectivity index (χ1) is 12.2. The molecule has 1 aromatic heterocycles. The third kappa shape index (κ3) is 4.67. The number of fused-ring (bicyclic) bond motifs is 1. The Kier molecular flexibility index (Phi) is 6.20. The zero-order valence-electron chi connectivity index (χ0n) is 14.4. The van der Waals surface area contributed by atoms with Gasteiger partial charge < -0.3 is 14.8 Å². The van der Waals surface area contributed by atoms with Crippen LogP contribution in [0.2, 0.25) is 0 Å². The SMILES string of the molecule is COc1ccc2c(c1)OC[C@H](C(=O)NCCc1csc(CSC)n1)C2. The van der Waals surface area contributed by atoms with Crippen LogP contribution in [0.5, 0.6) is 11.5 Å². The van der Waals surface area contributed by atoms with E-state index in [1.54, 1.807) is 30.2 Å². The maximum absolute atomic E-state index is 12.4. The van der Waals surface area contributed by atoms with Crippen LogP contribution >= 0.6 is 23.1 Å². The minimum Gasteiger partial charge on any atom is -0.497 e. The number of hydrogen-bond acceptors (Lipinski definition) is 6. The smallest absolute Gasteiger partial charge is 0.226 e. The van der Waals surface area contributed by atoms with Crippen LogP contribution in [0.1, 0.15) is 16.3 Å². The first kappa shape index (κ1) is 18.1. The number of ether oxygens (including phenoxy) is 2. The van der Waals surface area contributed by atoms with E-state index in [0.717, 1.165) is 39.9 Å². The van der Waals surface area contributed by atoms with Gasteiger partial charge in [0.25, 0.3) is 0 Å². The summed E-state index contributed by atoms with van der Waals surface area (Å²) in [6.07, 6.45) is 3.53. The van der Waals surface area contributed by atoms with Gasteiger partial charge >= 0.3 is 0 Å². The Morgan fingerprint density at radius 1 is 1.52 bits per heavy atom. The number of carbonyl (C=O) groups excluding carboxylic acids is 1. The number of methoxy groups -OCH3 is 1. The van der Waals surface area contributed by atoms with E-state index in [0.29, 0.717) is 19.6 Å². The van der Waals surface area contributed by atoms with Gasteiger partial charge in [-0.25, -0.2) is 4.98 Å². The summed E-state index contributed by atoms with van der Waals surface area (Å²) < 4.78 is 10.9. The van der Waals surface area contributed by atoms with Crippen LogP contribution in [0.25, 0.3) is 0 Å². The molecule has 7 heteroatoms. The lowest BCUT2D eigenvalue weighted by molar-refractivity contribution is -0.126. The monoisotopic (exact) mass is 378 g/mol. The van der Waals surface area contributed by atoms with E-state index in [-0.39, 0.29) is 11.8 Å². The van der Waals surface area contributed by atoms with Crippen molar-refractivity contribution in [2.45, 2.75) is 18.6 Å². The number of benzene rings is 1.